The Morgan fingerprint density at radius 3 is 1.83 bits per heavy atom. The number of benzene rings is 2. The van der Waals surface area contributed by atoms with E-state index < -0.39 is 12.5 Å². The highest BCUT2D eigenvalue weighted by Crippen LogP contribution is 2.32. The second-order valence-corrected chi connectivity index (χ2v) is 8.97. The summed E-state index contributed by atoms with van der Waals surface area (Å²) in [6, 6.07) is 12.4. The highest BCUT2D eigenvalue weighted by atomic mass is 32.1. The van der Waals surface area contributed by atoms with Crippen molar-refractivity contribution in [1.29, 1.82) is 0 Å². The van der Waals surface area contributed by atoms with Gasteiger partial charge in [0.2, 0.25) is 11.3 Å². The van der Waals surface area contributed by atoms with Crippen LogP contribution in [0.1, 0.15) is 53.4 Å². The van der Waals surface area contributed by atoms with Crippen molar-refractivity contribution in [3.8, 4) is 0 Å². The predicted octanol–water partition coefficient (Wildman–Crippen LogP) is 5.62. The molecular formula is C24H34N3O2S+. The van der Waals surface area contributed by atoms with Gasteiger partial charge in [-0.05, 0) is 51.0 Å². The van der Waals surface area contributed by atoms with Gasteiger partial charge in [-0.2, -0.15) is 0 Å². The number of aliphatic hydroxyl groups is 2. The molecule has 2 N–H and O–H groups in total. The van der Waals surface area contributed by atoms with E-state index >= 15 is 0 Å². The number of hydrogen-bond donors (Lipinski definition) is 2. The van der Waals surface area contributed by atoms with Crippen LogP contribution in [0, 0.1) is 0 Å². The van der Waals surface area contributed by atoms with Gasteiger partial charge in [0.25, 0.3) is 9.40 Å². The first kappa shape index (κ1) is 22.7. The first-order valence-electron chi connectivity index (χ1n) is 11.0. The summed E-state index contributed by atoms with van der Waals surface area (Å²) < 4.78 is 2.19. The van der Waals surface area contributed by atoms with Gasteiger partial charge in [-0.1, -0.05) is 26.7 Å². The van der Waals surface area contributed by atoms with Crippen molar-refractivity contribution in [3.63, 3.8) is 0 Å². The number of aromatic nitrogens is 1. The number of nitrogens with zero attached hydrogens (tertiary/aromatic N) is 3. The Balaban J connectivity index is 2.01. The normalized spacial score (nSPS) is 13.5. The fraction of sp³-hybridized carbons (Fsp3) is 0.500. The zero-order valence-electron chi connectivity index (χ0n) is 18.5. The maximum absolute atomic E-state index is 10.1. The summed E-state index contributed by atoms with van der Waals surface area (Å²) in [5.74, 6) is 0. The molecule has 3 aromatic rings. The van der Waals surface area contributed by atoms with Crippen LogP contribution in [0.2, 0.25) is 0 Å². The van der Waals surface area contributed by atoms with Crippen molar-refractivity contribution >= 4 is 43.1 Å². The molecule has 0 aliphatic carbocycles. The quantitative estimate of drug-likeness (QED) is 0.249. The molecule has 0 aliphatic heterocycles. The van der Waals surface area contributed by atoms with Gasteiger partial charge < -0.3 is 20.0 Å². The Hall–Kier alpha value is -2.02. The average Bonchev–Trinajstić information content (AvgIpc) is 2.71. The van der Waals surface area contributed by atoms with E-state index in [0.717, 1.165) is 39.2 Å². The van der Waals surface area contributed by atoms with Crippen molar-refractivity contribution < 1.29 is 10.2 Å². The van der Waals surface area contributed by atoms with E-state index in [9.17, 15) is 10.2 Å². The summed E-state index contributed by atoms with van der Waals surface area (Å²) in [5.41, 5.74) is 3.97. The molecule has 0 spiro atoms. The predicted molar refractivity (Wildman–Crippen MR) is 129 cm³/mol. The third-order valence-corrected chi connectivity index (χ3v) is 6.47. The van der Waals surface area contributed by atoms with Gasteiger partial charge >= 0.3 is 0 Å². The molecule has 0 amide bonds. The van der Waals surface area contributed by atoms with E-state index in [1.807, 2.05) is 18.2 Å². The standard InChI is InChI=1S/C24H34N3O2S/c1-5-7-13-26(14-8-6-2)19-9-11-21-23(15-19)30-24-16-20(10-12-22(24)25-21)27(17(3)28)18(4)29/h9-12,15-18,28-29H,5-8,13-14H2,1-4H3/q+1. The van der Waals surface area contributed by atoms with Gasteiger partial charge in [0, 0.05) is 36.6 Å². The number of unbranched alkanes of at least 4 members (excludes halogenated alkanes) is 2. The molecule has 0 bridgehead atoms. The Morgan fingerprint density at radius 1 is 0.833 bits per heavy atom. The second-order valence-electron chi connectivity index (χ2n) is 7.88. The third kappa shape index (κ3) is 5.17. The zero-order chi connectivity index (χ0) is 21.7. The highest BCUT2D eigenvalue weighted by molar-refractivity contribution is 7.24. The first-order valence-corrected chi connectivity index (χ1v) is 11.8. The average molecular weight is 429 g/mol. The lowest BCUT2D eigenvalue weighted by atomic mass is 10.2. The molecule has 0 aliphatic rings. The van der Waals surface area contributed by atoms with Crippen LogP contribution in [0.5, 0.6) is 0 Å². The van der Waals surface area contributed by atoms with E-state index in [1.165, 1.54) is 31.4 Å². The van der Waals surface area contributed by atoms with E-state index in [1.54, 1.807) is 30.1 Å². The summed E-state index contributed by atoms with van der Waals surface area (Å²) in [6.07, 6.45) is 3.21. The maximum atomic E-state index is 10.1. The zero-order valence-corrected chi connectivity index (χ0v) is 19.3. The van der Waals surface area contributed by atoms with Crippen LogP contribution >= 0.6 is 11.3 Å². The molecule has 162 valence electrons. The Bertz CT molecular complexity index is 961. The van der Waals surface area contributed by atoms with E-state index in [4.69, 9.17) is 4.98 Å². The molecule has 1 aromatic heterocycles. The largest absolute Gasteiger partial charge is 0.374 e. The highest BCUT2D eigenvalue weighted by Gasteiger charge is 2.21. The molecule has 2 atom stereocenters. The third-order valence-electron chi connectivity index (χ3n) is 5.38. The molecular weight excluding hydrogens is 394 g/mol. The smallest absolute Gasteiger partial charge is 0.259 e. The number of aliphatic hydroxyl groups excluding tert-OH is 2. The molecule has 30 heavy (non-hydrogen) atoms. The van der Waals surface area contributed by atoms with Crippen molar-refractivity contribution in [3.05, 3.63) is 36.4 Å². The summed E-state index contributed by atoms with van der Waals surface area (Å²) in [7, 11) is 0. The summed E-state index contributed by atoms with van der Waals surface area (Å²) in [6.45, 7) is 9.94. The van der Waals surface area contributed by atoms with E-state index in [-0.39, 0.29) is 0 Å². The lowest BCUT2D eigenvalue weighted by Gasteiger charge is -2.30. The molecule has 6 heteroatoms. The van der Waals surface area contributed by atoms with E-state index in [0.29, 0.717) is 0 Å². The molecule has 0 radical (unpaired) electrons. The minimum Gasteiger partial charge on any atom is -0.374 e. The molecule has 0 saturated heterocycles. The van der Waals surface area contributed by atoms with Crippen LogP contribution in [0.3, 0.4) is 0 Å². The summed E-state index contributed by atoms with van der Waals surface area (Å²) in [5, 5.41) is 20.1. The molecule has 2 unspecified atom stereocenters. The molecule has 0 fully saturated rings. The molecule has 1 heterocycles. The lowest BCUT2D eigenvalue weighted by molar-refractivity contribution is 0.105. The van der Waals surface area contributed by atoms with Crippen LogP contribution in [0.4, 0.5) is 11.4 Å². The number of anilines is 2. The van der Waals surface area contributed by atoms with Gasteiger partial charge in [-0.15, -0.1) is 0 Å². The van der Waals surface area contributed by atoms with Gasteiger partial charge in [-0.25, -0.2) is 4.98 Å². The van der Waals surface area contributed by atoms with Crippen molar-refractivity contribution in [2.45, 2.75) is 65.8 Å². The van der Waals surface area contributed by atoms with Gasteiger partial charge in [0.05, 0.1) is 0 Å². The van der Waals surface area contributed by atoms with E-state index in [2.05, 4.69) is 36.9 Å². The molecule has 2 aromatic carbocycles. The van der Waals surface area contributed by atoms with Crippen LogP contribution in [0.25, 0.3) is 20.4 Å². The Morgan fingerprint density at radius 2 is 1.33 bits per heavy atom. The topological polar surface area (TPSA) is 59.8 Å². The Labute approximate surface area is 183 Å². The van der Waals surface area contributed by atoms with Crippen molar-refractivity contribution in [2.75, 3.05) is 22.9 Å². The van der Waals surface area contributed by atoms with Crippen LogP contribution in [-0.2, 0) is 0 Å². The van der Waals surface area contributed by atoms with Crippen LogP contribution in [-0.4, -0.2) is 40.7 Å². The fourth-order valence-corrected chi connectivity index (χ4v) is 4.80. The van der Waals surface area contributed by atoms with Crippen LogP contribution < -0.4 is 9.80 Å². The number of rotatable bonds is 10. The lowest BCUT2D eigenvalue weighted by Crippen LogP contribution is -2.40. The second kappa shape index (κ2) is 10.3. The molecule has 5 nitrogen and oxygen atoms in total. The van der Waals surface area contributed by atoms with Crippen molar-refractivity contribution in [1.82, 2.24) is 4.98 Å². The fourth-order valence-electron chi connectivity index (χ4n) is 3.77. The van der Waals surface area contributed by atoms with Crippen molar-refractivity contribution in [2.24, 2.45) is 0 Å². The van der Waals surface area contributed by atoms with Crippen LogP contribution in [0.15, 0.2) is 36.4 Å². The number of fused-ring (bicyclic) bond motifs is 2. The molecule has 0 saturated carbocycles. The van der Waals surface area contributed by atoms with Gasteiger partial charge in [0.1, 0.15) is 23.5 Å². The first-order chi connectivity index (χ1) is 14.4. The number of hydrogen-bond acceptors (Lipinski definition) is 5. The molecule has 3 rings (SSSR count). The summed E-state index contributed by atoms with van der Waals surface area (Å²) >= 11 is 1.71. The Kier molecular flexibility index (Phi) is 7.81. The minimum atomic E-state index is -0.779. The maximum Gasteiger partial charge on any atom is 0.259 e. The monoisotopic (exact) mass is 428 g/mol. The minimum absolute atomic E-state index is 0.779. The SMILES string of the molecule is CCCCN(CCCC)c1ccc2nc3ccc(N(C(C)O)C(C)O)cc3[s+]c2c1. The van der Waals surface area contributed by atoms with Gasteiger partial charge in [0.15, 0.2) is 0 Å². The summed E-state index contributed by atoms with van der Waals surface area (Å²) in [4.78, 5) is 8.92. The van der Waals surface area contributed by atoms with Gasteiger partial charge in [-0.3, -0.25) is 0 Å².